The average molecular weight is 587 g/mol. The third kappa shape index (κ3) is 5.44. The van der Waals surface area contributed by atoms with Crippen LogP contribution in [0, 0.1) is 0 Å². The van der Waals surface area contributed by atoms with E-state index in [2.05, 4.69) is 0 Å². The van der Waals surface area contributed by atoms with Gasteiger partial charge in [0.1, 0.15) is 5.75 Å². The van der Waals surface area contributed by atoms with Crippen molar-refractivity contribution in [2.45, 2.75) is 46.8 Å². The topological polar surface area (TPSA) is 88.4 Å². The summed E-state index contributed by atoms with van der Waals surface area (Å²) in [6.45, 7) is 9.99. The van der Waals surface area contributed by atoms with E-state index in [9.17, 15) is 9.59 Å². The highest BCUT2D eigenvalue weighted by atomic mass is 32.1. The molecule has 1 atom stereocenters. The summed E-state index contributed by atoms with van der Waals surface area (Å²) in [5.41, 5.74) is 2.02. The van der Waals surface area contributed by atoms with E-state index in [4.69, 9.17) is 23.9 Å². The first kappa shape index (κ1) is 29.1. The van der Waals surface area contributed by atoms with E-state index in [0.717, 1.165) is 16.3 Å². The molecule has 1 aliphatic heterocycles. The van der Waals surface area contributed by atoms with E-state index in [0.29, 0.717) is 50.0 Å². The van der Waals surface area contributed by atoms with Gasteiger partial charge in [-0.3, -0.25) is 9.36 Å². The molecule has 2 heterocycles. The van der Waals surface area contributed by atoms with Gasteiger partial charge in [0.15, 0.2) is 16.3 Å². The maximum absolute atomic E-state index is 14.2. The van der Waals surface area contributed by atoms with Gasteiger partial charge in [0.25, 0.3) is 5.56 Å². The largest absolute Gasteiger partial charge is 0.493 e. The van der Waals surface area contributed by atoms with Crippen LogP contribution in [-0.4, -0.2) is 37.0 Å². The second-order valence-corrected chi connectivity index (χ2v) is 11.0. The van der Waals surface area contributed by atoms with E-state index < -0.39 is 12.0 Å². The minimum atomic E-state index is -0.775. The monoisotopic (exact) mass is 586 g/mol. The Morgan fingerprint density at radius 2 is 1.81 bits per heavy atom. The number of esters is 1. The van der Waals surface area contributed by atoms with Gasteiger partial charge in [0.05, 0.1) is 48.3 Å². The van der Waals surface area contributed by atoms with E-state index in [1.54, 1.807) is 37.7 Å². The molecule has 0 spiro atoms. The molecular formula is C33H34N2O6S. The predicted molar refractivity (Wildman–Crippen MR) is 164 cm³/mol. The van der Waals surface area contributed by atoms with Crippen molar-refractivity contribution in [3.63, 3.8) is 0 Å². The minimum Gasteiger partial charge on any atom is -0.493 e. The SMILES string of the molecule is CCOC(=O)C1=C(C)N=c2s/c(=C\c3c(OCC)ccc4ccccc34)c(=O)n2[C@@H]1c1ccc(OC(C)C)c(OC)c1. The number of ether oxygens (including phenoxy) is 4. The van der Waals surface area contributed by atoms with Gasteiger partial charge in [-0.2, -0.15) is 0 Å². The van der Waals surface area contributed by atoms with Gasteiger partial charge in [0, 0.05) is 5.56 Å². The molecule has 0 radical (unpaired) electrons. The molecule has 0 saturated carbocycles. The lowest BCUT2D eigenvalue weighted by atomic mass is 9.95. The Morgan fingerprint density at radius 1 is 1.05 bits per heavy atom. The van der Waals surface area contributed by atoms with Gasteiger partial charge in [0.2, 0.25) is 0 Å². The van der Waals surface area contributed by atoms with Crippen molar-refractivity contribution in [2.75, 3.05) is 20.3 Å². The third-order valence-electron chi connectivity index (χ3n) is 6.89. The summed E-state index contributed by atoms with van der Waals surface area (Å²) in [5.74, 6) is 1.24. The normalized spacial score (nSPS) is 15.0. The van der Waals surface area contributed by atoms with Crippen molar-refractivity contribution in [3.8, 4) is 17.2 Å². The molecule has 0 N–H and O–H groups in total. The lowest BCUT2D eigenvalue weighted by Gasteiger charge is -2.25. The van der Waals surface area contributed by atoms with Crippen LogP contribution in [-0.2, 0) is 9.53 Å². The molecule has 0 unspecified atom stereocenters. The smallest absolute Gasteiger partial charge is 0.338 e. The summed E-state index contributed by atoms with van der Waals surface area (Å²) in [4.78, 5) is 32.7. The van der Waals surface area contributed by atoms with Gasteiger partial charge in [-0.05, 0) is 75.2 Å². The fourth-order valence-electron chi connectivity index (χ4n) is 5.15. The van der Waals surface area contributed by atoms with E-state index >= 15 is 0 Å². The van der Waals surface area contributed by atoms with Crippen LogP contribution >= 0.6 is 11.3 Å². The second kappa shape index (κ2) is 12.2. The summed E-state index contributed by atoms with van der Waals surface area (Å²) < 4.78 is 25.0. The van der Waals surface area contributed by atoms with Crippen LogP contribution in [0.5, 0.6) is 17.2 Å². The van der Waals surface area contributed by atoms with Crippen molar-refractivity contribution in [3.05, 3.63) is 96.7 Å². The summed E-state index contributed by atoms with van der Waals surface area (Å²) >= 11 is 1.27. The highest BCUT2D eigenvalue weighted by molar-refractivity contribution is 7.07. The molecule has 42 heavy (non-hydrogen) atoms. The molecular weight excluding hydrogens is 552 g/mol. The molecule has 9 heteroatoms. The maximum atomic E-state index is 14.2. The van der Waals surface area contributed by atoms with Gasteiger partial charge in [-0.15, -0.1) is 0 Å². The molecule has 1 aromatic heterocycles. The maximum Gasteiger partial charge on any atom is 0.338 e. The van der Waals surface area contributed by atoms with Gasteiger partial charge in [-0.1, -0.05) is 47.7 Å². The summed E-state index contributed by atoms with van der Waals surface area (Å²) in [7, 11) is 1.56. The van der Waals surface area contributed by atoms with Crippen LogP contribution in [0.15, 0.2) is 75.7 Å². The number of fused-ring (bicyclic) bond motifs is 2. The highest BCUT2D eigenvalue weighted by Gasteiger charge is 2.34. The molecule has 4 aromatic rings. The van der Waals surface area contributed by atoms with E-state index in [-0.39, 0.29) is 18.3 Å². The van der Waals surface area contributed by atoms with Crippen molar-refractivity contribution in [2.24, 2.45) is 4.99 Å². The minimum absolute atomic E-state index is 0.0599. The summed E-state index contributed by atoms with van der Waals surface area (Å²) in [6, 6.07) is 16.6. The van der Waals surface area contributed by atoms with Gasteiger partial charge >= 0.3 is 5.97 Å². The third-order valence-corrected chi connectivity index (χ3v) is 7.87. The predicted octanol–water partition coefficient (Wildman–Crippen LogP) is 5.15. The Labute approximate surface area is 248 Å². The Morgan fingerprint density at radius 3 is 2.52 bits per heavy atom. The molecule has 0 saturated heterocycles. The van der Waals surface area contributed by atoms with Crippen molar-refractivity contribution < 1.29 is 23.7 Å². The molecule has 1 aliphatic rings. The van der Waals surface area contributed by atoms with Crippen molar-refractivity contribution in [1.29, 1.82) is 0 Å². The van der Waals surface area contributed by atoms with Gasteiger partial charge < -0.3 is 18.9 Å². The fourth-order valence-corrected chi connectivity index (χ4v) is 6.18. The number of allylic oxidation sites excluding steroid dienone is 1. The fraction of sp³-hybridized carbons (Fsp3) is 0.303. The van der Waals surface area contributed by atoms with Crippen LogP contribution < -0.4 is 29.1 Å². The number of benzene rings is 3. The number of carbonyl (C=O) groups is 1. The van der Waals surface area contributed by atoms with Crippen LogP contribution in [0.2, 0.25) is 0 Å². The quantitative estimate of drug-likeness (QED) is 0.252. The first-order valence-electron chi connectivity index (χ1n) is 14.0. The summed E-state index contributed by atoms with van der Waals surface area (Å²) in [6.07, 6.45) is 1.80. The second-order valence-electron chi connectivity index (χ2n) is 10.0. The van der Waals surface area contributed by atoms with Crippen LogP contribution in [0.25, 0.3) is 16.8 Å². The first-order chi connectivity index (χ1) is 20.3. The standard InChI is InChI=1S/C33H34N2O6S/c1-7-39-25-15-13-21-11-9-10-12-23(21)24(25)18-28-31(36)35-30(22-14-16-26(41-19(3)4)27(17-22)38-6)29(32(37)40-8-2)20(5)34-33(35)42-28/h9-19,30H,7-8H2,1-6H3/b28-18-/t30-/m1/s1. The van der Waals surface area contributed by atoms with Crippen LogP contribution in [0.4, 0.5) is 0 Å². The van der Waals surface area contributed by atoms with Crippen molar-refractivity contribution >= 4 is 34.2 Å². The number of rotatable bonds is 9. The Balaban J connectivity index is 1.76. The van der Waals surface area contributed by atoms with Gasteiger partial charge in [-0.25, -0.2) is 9.79 Å². The number of aromatic nitrogens is 1. The Hall–Kier alpha value is -4.37. The lowest BCUT2D eigenvalue weighted by Crippen LogP contribution is -2.40. The zero-order chi connectivity index (χ0) is 30.0. The zero-order valence-corrected chi connectivity index (χ0v) is 25.4. The highest BCUT2D eigenvalue weighted by Crippen LogP contribution is 2.36. The number of thiazole rings is 1. The molecule has 8 nitrogen and oxygen atoms in total. The number of nitrogens with zero attached hydrogens (tertiary/aromatic N) is 2. The first-order valence-corrected chi connectivity index (χ1v) is 14.8. The van der Waals surface area contributed by atoms with Crippen molar-refractivity contribution in [1.82, 2.24) is 4.57 Å². The molecule has 0 amide bonds. The molecule has 218 valence electrons. The number of hydrogen-bond acceptors (Lipinski definition) is 8. The molecule has 0 aliphatic carbocycles. The lowest BCUT2D eigenvalue weighted by molar-refractivity contribution is -0.139. The number of carbonyl (C=O) groups excluding carboxylic acids is 1. The molecule has 3 aromatic carbocycles. The molecule has 5 rings (SSSR count). The zero-order valence-electron chi connectivity index (χ0n) is 24.6. The molecule has 0 bridgehead atoms. The van der Waals surface area contributed by atoms with Crippen LogP contribution in [0.3, 0.4) is 0 Å². The van der Waals surface area contributed by atoms with E-state index in [1.165, 1.54) is 11.3 Å². The van der Waals surface area contributed by atoms with E-state index in [1.807, 2.05) is 69.3 Å². The Kier molecular flexibility index (Phi) is 8.49. The van der Waals surface area contributed by atoms with Crippen LogP contribution in [0.1, 0.15) is 51.8 Å². The Bertz CT molecular complexity index is 1870. The molecule has 0 fully saturated rings. The number of methoxy groups -OCH3 is 1. The summed E-state index contributed by atoms with van der Waals surface area (Å²) in [5, 5.41) is 2.01. The number of hydrogen-bond donors (Lipinski definition) is 0. The average Bonchev–Trinajstić information content (AvgIpc) is 3.27.